The number of nitriles is 1. The summed E-state index contributed by atoms with van der Waals surface area (Å²) < 4.78 is 4.87. The number of hydrogen-bond acceptors (Lipinski definition) is 2. The zero-order chi connectivity index (χ0) is 12.8. The second kappa shape index (κ2) is 5.70. The van der Waals surface area contributed by atoms with E-state index >= 15 is 0 Å². The third kappa shape index (κ3) is 2.78. The highest BCUT2D eigenvalue weighted by Gasteiger charge is 1.97. The molecule has 0 spiro atoms. The van der Waals surface area contributed by atoms with Crippen LogP contribution in [0, 0.1) is 11.3 Å². The summed E-state index contributed by atoms with van der Waals surface area (Å²) >= 11 is 0. The van der Waals surface area contributed by atoms with Crippen molar-refractivity contribution in [3.05, 3.63) is 65.9 Å². The number of rotatable bonds is 3. The lowest BCUT2D eigenvalue weighted by Gasteiger charge is -2.02. The van der Waals surface area contributed by atoms with Crippen molar-refractivity contribution >= 4 is 6.08 Å². The first-order valence-electron chi connectivity index (χ1n) is 5.63. The van der Waals surface area contributed by atoms with Crippen molar-refractivity contribution in [2.24, 2.45) is 0 Å². The van der Waals surface area contributed by atoms with E-state index in [0.717, 1.165) is 16.7 Å². The van der Waals surface area contributed by atoms with Crippen molar-refractivity contribution < 1.29 is 4.74 Å². The minimum Gasteiger partial charge on any atom is -0.504 e. The Morgan fingerprint density at radius 1 is 0.944 bits per heavy atom. The molecule has 2 aromatic carbocycles. The molecule has 0 aromatic heterocycles. The van der Waals surface area contributed by atoms with Gasteiger partial charge in [0.05, 0.1) is 25.0 Å². The van der Waals surface area contributed by atoms with Crippen LogP contribution in [0.25, 0.3) is 17.2 Å². The van der Waals surface area contributed by atoms with E-state index in [-0.39, 0.29) is 0 Å². The van der Waals surface area contributed by atoms with Crippen LogP contribution in [0.4, 0.5) is 0 Å². The topological polar surface area (TPSA) is 33.0 Å². The molecule has 0 radical (unpaired) electrons. The number of hydrogen-bond donors (Lipinski definition) is 0. The minimum atomic E-state index is 0.679. The Morgan fingerprint density at radius 2 is 1.50 bits per heavy atom. The standard InChI is InChI=1S/C16H13NO/c1-18-11-10-13-2-6-15(7-3-13)16-8-4-14(12-17)5-9-16/h2-11H,1H3. The van der Waals surface area contributed by atoms with Crippen molar-refractivity contribution in [1.82, 2.24) is 0 Å². The van der Waals surface area contributed by atoms with Crippen LogP contribution in [0.3, 0.4) is 0 Å². The molecule has 2 aromatic rings. The quantitative estimate of drug-likeness (QED) is 0.757. The largest absolute Gasteiger partial charge is 0.504 e. The van der Waals surface area contributed by atoms with E-state index in [0.29, 0.717) is 5.56 Å². The van der Waals surface area contributed by atoms with Crippen LogP contribution < -0.4 is 0 Å². The fourth-order valence-electron chi connectivity index (χ4n) is 1.67. The monoisotopic (exact) mass is 235 g/mol. The van der Waals surface area contributed by atoms with Crippen LogP contribution in [0.2, 0.25) is 0 Å². The molecule has 0 N–H and O–H groups in total. The van der Waals surface area contributed by atoms with Crippen molar-refractivity contribution in [3.8, 4) is 17.2 Å². The van der Waals surface area contributed by atoms with Gasteiger partial charge in [0.25, 0.3) is 0 Å². The lowest BCUT2D eigenvalue weighted by molar-refractivity contribution is 0.341. The van der Waals surface area contributed by atoms with E-state index in [9.17, 15) is 0 Å². The van der Waals surface area contributed by atoms with Gasteiger partial charge in [-0.05, 0) is 34.9 Å². The summed E-state index contributed by atoms with van der Waals surface area (Å²) in [7, 11) is 1.63. The maximum atomic E-state index is 8.75. The molecule has 0 aliphatic heterocycles. The molecule has 0 atom stereocenters. The van der Waals surface area contributed by atoms with Gasteiger partial charge < -0.3 is 4.74 Å². The summed E-state index contributed by atoms with van der Waals surface area (Å²) in [6.07, 6.45) is 3.55. The van der Waals surface area contributed by atoms with E-state index in [4.69, 9.17) is 10.00 Å². The first-order chi connectivity index (χ1) is 8.83. The average molecular weight is 235 g/mol. The predicted molar refractivity (Wildman–Crippen MR) is 72.6 cm³/mol. The Hall–Kier alpha value is -2.53. The van der Waals surface area contributed by atoms with Crippen LogP contribution in [0.5, 0.6) is 0 Å². The first kappa shape index (κ1) is 11.9. The Kier molecular flexibility index (Phi) is 3.78. The normalized spacial score (nSPS) is 10.2. The average Bonchev–Trinajstić information content (AvgIpc) is 2.46. The summed E-state index contributed by atoms with van der Waals surface area (Å²) in [5.74, 6) is 0. The second-order valence-electron chi connectivity index (χ2n) is 3.85. The Morgan fingerprint density at radius 3 is 2.00 bits per heavy atom. The van der Waals surface area contributed by atoms with Gasteiger partial charge in [0.2, 0.25) is 0 Å². The Labute approximate surface area is 107 Å². The fraction of sp³-hybridized carbons (Fsp3) is 0.0625. The van der Waals surface area contributed by atoms with Crippen LogP contribution in [0.15, 0.2) is 54.8 Å². The maximum absolute atomic E-state index is 8.75. The summed E-state index contributed by atoms with van der Waals surface area (Å²) in [5.41, 5.74) is 4.01. The highest BCUT2D eigenvalue weighted by atomic mass is 16.5. The minimum absolute atomic E-state index is 0.679. The summed E-state index contributed by atoms with van der Waals surface area (Å²) in [4.78, 5) is 0. The van der Waals surface area contributed by atoms with Crippen molar-refractivity contribution in [2.45, 2.75) is 0 Å². The van der Waals surface area contributed by atoms with Gasteiger partial charge in [-0.2, -0.15) is 5.26 Å². The molecule has 0 saturated heterocycles. The third-order valence-corrected chi connectivity index (χ3v) is 2.65. The molecule has 88 valence electrons. The highest BCUT2D eigenvalue weighted by Crippen LogP contribution is 2.20. The maximum Gasteiger partial charge on any atom is 0.0991 e. The third-order valence-electron chi connectivity index (χ3n) is 2.65. The predicted octanol–water partition coefficient (Wildman–Crippen LogP) is 3.84. The molecule has 0 heterocycles. The Bertz CT molecular complexity index is 574. The SMILES string of the molecule is COC=Cc1ccc(-c2ccc(C#N)cc2)cc1. The van der Waals surface area contributed by atoms with Gasteiger partial charge in [-0.25, -0.2) is 0 Å². The molecule has 0 aliphatic rings. The van der Waals surface area contributed by atoms with Crippen LogP contribution in [-0.4, -0.2) is 7.11 Å². The number of nitrogens with zero attached hydrogens (tertiary/aromatic N) is 1. The number of ether oxygens (including phenoxy) is 1. The van der Waals surface area contributed by atoms with E-state index in [1.807, 2.05) is 42.5 Å². The molecular formula is C16H13NO. The molecule has 0 bridgehead atoms. The van der Waals surface area contributed by atoms with Gasteiger partial charge >= 0.3 is 0 Å². The van der Waals surface area contributed by atoms with Crippen molar-refractivity contribution in [3.63, 3.8) is 0 Å². The lowest BCUT2D eigenvalue weighted by atomic mass is 10.0. The van der Waals surface area contributed by atoms with E-state index < -0.39 is 0 Å². The highest BCUT2D eigenvalue weighted by molar-refractivity contribution is 5.66. The molecule has 2 nitrogen and oxygen atoms in total. The summed E-state index contributed by atoms with van der Waals surface area (Å²) in [6.45, 7) is 0. The Balaban J connectivity index is 2.23. The van der Waals surface area contributed by atoms with Gasteiger partial charge in [-0.3, -0.25) is 0 Å². The summed E-state index contributed by atoms with van der Waals surface area (Å²) in [5, 5.41) is 8.75. The fourth-order valence-corrected chi connectivity index (χ4v) is 1.67. The smallest absolute Gasteiger partial charge is 0.0991 e. The van der Waals surface area contributed by atoms with Crippen molar-refractivity contribution in [1.29, 1.82) is 5.26 Å². The molecule has 0 unspecified atom stereocenters. The molecular weight excluding hydrogens is 222 g/mol. The molecule has 0 aliphatic carbocycles. The molecule has 0 saturated carbocycles. The molecule has 2 rings (SSSR count). The molecule has 0 amide bonds. The molecule has 2 heteroatoms. The van der Waals surface area contributed by atoms with Crippen molar-refractivity contribution in [2.75, 3.05) is 7.11 Å². The van der Waals surface area contributed by atoms with E-state index in [2.05, 4.69) is 18.2 Å². The van der Waals surface area contributed by atoms with Gasteiger partial charge in [0.15, 0.2) is 0 Å². The van der Waals surface area contributed by atoms with Gasteiger partial charge in [0.1, 0.15) is 0 Å². The summed E-state index contributed by atoms with van der Waals surface area (Å²) in [6, 6.07) is 17.8. The first-order valence-corrected chi connectivity index (χ1v) is 5.63. The van der Waals surface area contributed by atoms with Crippen LogP contribution in [0.1, 0.15) is 11.1 Å². The van der Waals surface area contributed by atoms with E-state index in [1.165, 1.54) is 0 Å². The van der Waals surface area contributed by atoms with Crippen LogP contribution >= 0.6 is 0 Å². The zero-order valence-electron chi connectivity index (χ0n) is 10.1. The molecule has 18 heavy (non-hydrogen) atoms. The number of methoxy groups -OCH3 is 1. The molecule has 0 fully saturated rings. The van der Waals surface area contributed by atoms with Gasteiger partial charge in [-0.15, -0.1) is 0 Å². The van der Waals surface area contributed by atoms with Gasteiger partial charge in [-0.1, -0.05) is 36.4 Å². The van der Waals surface area contributed by atoms with Crippen LogP contribution in [-0.2, 0) is 4.74 Å². The van der Waals surface area contributed by atoms with E-state index in [1.54, 1.807) is 13.4 Å². The van der Waals surface area contributed by atoms with Gasteiger partial charge in [0, 0.05) is 0 Å². The number of benzene rings is 2. The zero-order valence-corrected chi connectivity index (χ0v) is 10.1. The lowest BCUT2D eigenvalue weighted by Crippen LogP contribution is -1.80. The second-order valence-corrected chi connectivity index (χ2v) is 3.85.